The van der Waals surface area contributed by atoms with Gasteiger partial charge in [0, 0.05) is 23.0 Å². The van der Waals surface area contributed by atoms with E-state index in [0.29, 0.717) is 0 Å². The van der Waals surface area contributed by atoms with Crippen molar-refractivity contribution in [3.8, 4) is 5.69 Å². The quantitative estimate of drug-likeness (QED) is 0.693. The van der Waals surface area contributed by atoms with Crippen molar-refractivity contribution < 1.29 is 0 Å². The van der Waals surface area contributed by atoms with Gasteiger partial charge in [-0.1, -0.05) is 52.3 Å². The van der Waals surface area contributed by atoms with Crippen molar-refractivity contribution in [3.63, 3.8) is 0 Å². The first-order valence-electron chi connectivity index (χ1n) is 8.46. The van der Waals surface area contributed by atoms with Crippen molar-refractivity contribution in [3.05, 3.63) is 75.9 Å². The van der Waals surface area contributed by atoms with Crippen molar-refractivity contribution >= 4 is 21.7 Å². The summed E-state index contributed by atoms with van der Waals surface area (Å²) in [7, 11) is 0. The van der Waals surface area contributed by atoms with Gasteiger partial charge in [-0.05, 0) is 43.0 Å². The number of benzene rings is 2. The number of anilines is 1. The van der Waals surface area contributed by atoms with Gasteiger partial charge in [0.1, 0.15) is 5.82 Å². The molecule has 1 aliphatic heterocycles. The van der Waals surface area contributed by atoms with Gasteiger partial charge in [-0.2, -0.15) is 5.10 Å². The normalized spacial score (nSPS) is 13.9. The Balaban J connectivity index is 1.80. The SMILES string of the molecule is Brc1cccc(-n2nc(Cc3ccccc3)c3c2NCCCC3)c1. The van der Waals surface area contributed by atoms with Crippen LogP contribution in [0.3, 0.4) is 0 Å². The molecule has 0 unspecified atom stereocenters. The van der Waals surface area contributed by atoms with Crippen LogP contribution in [0.4, 0.5) is 5.82 Å². The number of aromatic nitrogens is 2. The lowest BCUT2D eigenvalue weighted by molar-refractivity contribution is 0.767. The predicted molar refractivity (Wildman–Crippen MR) is 102 cm³/mol. The lowest BCUT2D eigenvalue weighted by atomic mass is 10.0. The molecule has 122 valence electrons. The summed E-state index contributed by atoms with van der Waals surface area (Å²) in [5.41, 5.74) is 4.96. The fraction of sp³-hybridized carbons (Fsp3) is 0.250. The third-order valence-electron chi connectivity index (χ3n) is 4.48. The van der Waals surface area contributed by atoms with Gasteiger partial charge >= 0.3 is 0 Å². The zero-order chi connectivity index (χ0) is 16.4. The van der Waals surface area contributed by atoms with Gasteiger partial charge in [-0.15, -0.1) is 0 Å². The van der Waals surface area contributed by atoms with Crippen LogP contribution in [0.2, 0.25) is 0 Å². The summed E-state index contributed by atoms with van der Waals surface area (Å²) in [6.45, 7) is 1.01. The summed E-state index contributed by atoms with van der Waals surface area (Å²) in [5.74, 6) is 1.16. The standard InChI is InChI=1S/C20H20BrN3/c21-16-9-6-10-17(14-16)24-20-18(11-4-5-12-22-20)19(23-24)13-15-7-2-1-3-8-15/h1-3,6-10,14,22H,4-5,11-13H2. The molecule has 24 heavy (non-hydrogen) atoms. The topological polar surface area (TPSA) is 29.9 Å². The fourth-order valence-corrected chi connectivity index (χ4v) is 3.69. The van der Waals surface area contributed by atoms with Crippen molar-refractivity contribution in [2.75, 3.05) is 11.9 Å². The monoisotopic (exact) mass is 381 g/mol. The first-order valence-corrected chi connectivity index (χ1v) is 9.25. The summed E-state index contributed by atoms with van der Waals surface area (Å²) in [6.07, 6.45) is 4.40. The Kier molecular flexibility index (Phi) is 4.39. The number of halogens is 1. The molecule has 0 bridgehead atoms. The van der Waals surface area contributed by atoms with E-state index < -0.39 is 0 Å². The van der Waals surface area contributed by atoms with Crippen LogP contribution in [-0.4, -0.2) is 16.3 Å². The van der Waals surface area contributed by atoms with Crippen LogP contribution in [0.25, 0.3) is 5.69 Å². The van der Waals surface area contributed by atoms with Crippen LogP contribution < -0.4 is 5.32 Å². The van der Waals surface area contributed by atoms with Gasteiger partial charge < -0.3 is 5.32 Å². The van der Waals surface area contributed by atoms with E-state index in [1.165, 1.54) is 29.7 Å². The molecule has 4 rings (SSSR count). The molecule has 0 saturated carbocycles. The Morgan fingerprint density at radius 1 is 1.04 bits per heavy atom. The average Bonchev–Trinajstić information content (AvgIpc) is 2.78. The molecule has 2 aromatic carbocycles. The van der Waals surface area contributed by atoms with E-state index in [9.17, 15) is 0 Å². The van der Waals surface area contributed by atoms with Gasteiger partial charge in [-0.25, -0.2) is 4.68 Å². The molecule has 0 atom stereocenters. The molecule has 3 nitrogen and oxygen atoms in total. The second-order valence-electron chi connectivity index (χ2n) is 6.21. The van der Waals surface area contributed by atoms with Crippen molar-refractivity contribution in [2.45, 2.75) is 25.7 Å². The molecular weight excluding hydrogens is 362 g/mol. The molecule has 0 aliphatic carbocycles. The number of nitrogens with zero attached hydrogens (tertiary/aromatic N) is 2. The Labute approximate surface area is 150 Å². The first-order chi connectivity index (χ1) is 11.8. The van der Waals surface area contributed by atoms with Crippen LogP contribution in [0.1, 0.15) is 29.7 Å². The van der Waals surface area contributed by atoms with Crippen LogP contribution >= 0.6 is 15.9 Å². The van der Waals surface area contributed by atoms with Crippen molar-refractivity contribution in [1.82, 2.24) is 9.78 Å². The first kappa shape index (κ1) is 15.5. The molecule has 0 spiro atoms. The highest BCUT2D eigenvalue weighted by Crippen LogP contribution is 2.30. The smallest absolute Gasteiger partial charge is 0.133 e. The molecule has 2 heterocycles. The van der Waals surface area contributed by atoms with E-state index in [4.69, 9.17) is 5.10 Å². The Morgan fingerprint density at radius 3 is 2.75 bits per heavy atom. The molecule has 1 N–H and O–H groups in total. The molecule has 0 amide bonds. The Hall–Kier alpha value is -2.07. The van der Waals surface area contributed by atoms with E-state index >= 15 is 0 Å². The third-order valence-corrected chi connectivity index (χ3v) is 4.97. The highest BCUT2D eigenvalue weighted by atomic mass is 79.9. The van der Waals surface area contributed by atoms with Gasteiger partial charge in [0.05, 0.1) is 11.4 Å². The largest absolute Gasteiger partial charge is 0.370 e. The minimum atomic E-state index is 0.881. The van der Waals surface area contributed by atoms with Crippen LogP contribution in [0, 0.1) is 0 Å². The summed E-state index contributed by atoms with van der Waals surface area (Å²) < 4.78 is 3.14. The predicted octanol–water partition coefficient (Wildman–Crippen LogP) is 4.97. The van der Waals surface area contributed by atoms with Gasteiger partial charge in [-0.3, -0.25) is 0 Å². The van der Waals surface area contributed by atoms with Crippen LogP contribution in [0.15, 0.2) is 59.1 Å². The average molecular weight is 382 g/mol. The highest BCUT2D eigenvalue weighted by Gasteiger charge is 2.20. The lowest BCUT2D eigenvalue weighted by Crippen LogP contribution is -2.07. The third kappa shape index (κ3) is 3.11. The summed E-state index contributed by atoms with van der Waals surface area (Å²) in [4.78, 5) is 0. The maximum Gasteiger partial charge on any atom is 0.133 e. The van der Waals surface area contributed by atoms with Crippen LogP contribution in [0.5, 0.6) is 0 Å². The van der Waals surface area contributed by atoms with Crippen molar-refractivity contribution in [1.29, 1.82) is 0 Å². The molecular formula is C20H20BrN3. The molecule has 3 aromatic rings. The number of hydrogen-bond acceptors (Lipinski definition) is 2. The molecule has 4 heteroatoms. The fourth-order valence-electron chi connectivity index (χ4n) is 3.30. The molecule has 0 radical (unpaired) electrons. The summed E-state index contributed by atoms with van der Waals surface area (Å²) >= 11 is 3.57. The van der Waals surface area contributed by atoms with Crippen LogP contribution in [-0.2, 0) is 12.8 Å². The van der Waals surface area contributed by atoms with Gasteiger partial charge in [0.2, 0.25) is 0 Å². The summed E-state index contributed by atoms with van der Waals surface area (Å²) in [6, 6.07) is 18.9. The minimum Gasteiger partial charge on any atom is -0.370 e. The second kappa shape index (κ2) is 6.81. The molecule has 0 fully saturated rings. The minimum absolute atomic E-state index is 0.881. The maximum absolute atomic E-state index is 4.97. The molecule has 0 saturated heterocycles. The van der Waals surface area contributed by atoms with Gasteiger partial charge in [0.25, 0.3) is 0 Å². The zero-order valence-electron chi connectivity index (χ0n) is 13.5. The lowest BCUT2D eigenvalue weighted by Gasteiger charge is -2.09. The number of fused-ring (bicyclic) bond motifs is 1. The van der Waals surface area contributed by atoms with E-state index in [0.717, 1.165) is 35.4 Å². The zero-order valence-corrected chi connectivity index (χ0v) is 15.1. The highest BCUT2D eigenvalue weighted by molar-refractivity contribution is 9.10. The molecule has 1 aliphatic rings. The molecule has 1 aromatic heterocycles. The Morgan fingerprint density at radius 2 is 1.92 bits per heavy atom. The maximum atomic E-state index is 4.97. The van der Waals surface area contributed by atoms with Gasteiger partial charge in [0.15, 0.2) is 0 Å². The second-order valence-corrected chi connectivity index (χ2v) is 7.13. The van der Waals surface area contributed by atoms with E-state index in [1.54, 1.807) is 0 Å². The van der Waals surface area contributed by atoms with E-state index in [-0.39, 0.29) is 0 Å². The van der Waals surface area contributed by atoms with E-state index in [1.807, 2.05) is 6.07 Å². The Bertz CT molecular complexity index is 839. The summed E-state index contributed by atoms with van der Waals surface area (Å²) in [5, 5.41) is 8.58. The number of rotatable bonds is 3. The number of hydrogen-bond donors (Lipinski definition) is 1. The van der Waals surface area contributed by atoms with E-state index in [2.05, 4.69) is 74.5 Å². The van der Waals surface area contributed by atoms with Crippen molar-refractivity contribution in [2.24, 2.45) is 0 Å². The number of nitrogens with one attached hydrogen (secondary N) is 1.